The Labute approximate surface area is 81.0 Å². The lowest BCUT2D eigenvalue weighted by Crippen LogP contribution is -2.15. The third-order valence-electron chi connectivity index (χ3n) is 1.54. The molecule has 0 aliphatic heterocycles. The molecule has 0 saturated heterocycles. The molecular weight excluding hydrogens is 202 g/mol. The lowest BCUT2D eigenvalue weighted by Gasteiger charge is -2.02. The number of nitriles is 2. The molecule has 0 atom stereocenters. The van der Waals surface area contributed by atoms with Gasteiger partial charge in [0.05, 0.1) is 11.1 Å². The second kappa shape index (κ2) is 3.46. The molecule has 0 heterocycles. The lowest BCUT2D eigenvalue weighted by molar-refractivity contribution is 0.597. The fraction of sp³-hybridized carbons (Fsp3) is 0. The summed E-state index contributed by atoms with van der Waals surface area (Å²) in [4.78, 5) is -0.412. The van der Waals surface area contributed by atoms with Gasteiger partial charge in [0.15, 0.2) is 0 Å². The van der Waals surface area contributed by atoms with Crippen molar-refractivity contribution in [2.24, 2.45) is 5.14 Å². The minimum atomic E-state index is -4.03. The van der Waals surface area contributed by atoms with Crippen LogP contribution in [0.4, 0.5) is 0 Å². The van der Waals surface area contributed by atoms with Gasteiger partial charge in [-0.2, -0.15) is 10.5 Å². The summed E-state index contributed by atoms with van der Waals surface area (Å²) in [6, 6.07) is 7.34. The molecule has 1 rings (SSSR count). The molecule has 70 valence electrons. The summed E-state index contributed by atoms with van der Waals surface area (Å²) in [6.07, 6.45) is 0. The van der Waals surface area contributed by atoms with Gasteiger partial charge in [-0.1, -0.05) is 6.07 Å². The van der Waals surface area contributed by atoms with Gasteiger partial charge >= 0.3 is 0 Å². The van der Waals surface area contributed by atoms with Gasteiger partial charge in [-0.05, 0) is 12.1 Å². The number of hydrogen-bond acceptors (Lipinski definition) is 4. The smallest absolute Gasteiger partial charge is 0.225 e. The van der Waals surface area contributed by atoms with Crippen LogP contribution in [-0.2, 0) is 10.0 Å². The van der Waals surface area contributed by atoms with E-state index in [4.69, 9.17) is 15.7 Å². The van der Waals surface area contributed by atoms with E-state index in [2.05, 4.69) is 0 Å². The van der Waals surface area contributed by atoms with Crippen LogP contribution in [0.3, 0.4) is 0 Å². The van der Waals surface area contributed by atoms with E-state index in [1.54, 1.807) is 12.1 Å². The first kappa shape index (κ1) is 10.2. The molecule has 1 aromatic rings. The Hall–Kier alpha value is -1.89. The van der Waals surface area contributed by atoms with Crippen molar-refractivity contribution in [1.82, 2.24) is 0 Å². The van der Waals surface area contributed by atoms with Crippen LogP contribution in [0.5, 0.6) is 0 Å². The highest BCUT2D eigenvalue weighted by Crippen LogP contribution is 2.17. The van der Waals surface area contributed by atoms with E-state index in [9.17, 15) is 8.42 Å². The second-order valence-electron chi connectivity index (χ2n) is 2.45. The molecule has 0 aromatic heterocycles. The van der Waals surface area contributed by atoms with Gasteiger partial charge in [-0.15, -0.1) is 0 Å². The van der Waals surface area contributed by atoms with Gasteiger partial charge in [0.25, 0.3) is 0 Å². The van der Waals surface area contributed by atoms with Crippen molar-refractivity contribution in [3.8, 4) is 12.1 Å². The number of primary sulfonamides is 1. The maximum absolute atomic E-state index is 11.1. The number of sulfonamides is 1. The predicted molar refractivity (Wildman–Crippen MR) is 47.2 cm³/mol. The fourth-order valence-electron chi connectivity index (χ4n) is 1.02. The van der Waals surface area contributed by atoms with Gasteiger partial charge in [-0.25, -0.2) is 13.6 Å². The summed E-state index contributed by atoms with van der Waals surface area (Å²) in [5.41, 5.74) is -0.238. The average molecular weight is 207 g/mol. The van der Waals surface area contributed by atoms with Gasteiger partial charge < -0.3 is 0 Å². The Kier molecular flexibility index (Phi) is 2.52. The Morgan fingerprint density at radius 3 is 1.86 bits per heavy atom. The maximum Gasteiger partial charge on any atom is 0.240 e. The first-order valence-corrected chi connectivity index (χ1v) is 5.01. The maximum atomic E-state index is 11.1. The van der Waals surface area contributed by atoms with E-state index in [-0.39, 0.29) is 11.1 Å². The first-order valence-electron chi connectivity index (χ1n) is 3.46. The summed E-state index contributed by atoms with van der Waals surface area (Å²) in [5, 5.41) is 22.1. The molecule has 6 heteroatoms. The first-order chi connectivity index (χ1) is 6.50. The van der Waals surface area contributed by atoms with Crippen LogP contribution >= 0.6 is 0 Å². The Morgan fingerprint density at radius 1 is 1.14 bits per heavy atom. The summed E-state index contributed by atoms with van der Waals surface area (Å²) >= 11 is 0. The fourth-order valence-corrected chi connectivity index (χ4v) is 1.86. The number of nitrogens with zero attached hydrogens (tertiary/aromatic N) is 2. The average Bonchev–Trinajstić information content (AvgIpc) is 2.15. The summed E-state index contributed by atoms with van der Waals surface area (Å²) < 4.78 is 22.1. The normalized spacial score (nSPS) is 10.2. The van der Waals surface area contributed by atoms with Gasteiger partial charge in [0.1, 0.15) is 17.0 Å². The van der Waals surface area contributed by atoms with E-state index in [1.165, 1.54) is 18.2 Å². The van der Waals surface area contributed by atoms with Gasteiger partial charge in [0.2, 0.25) is 10.0 Å². The molecular formula is C8H5N3O2S. The van der Waals surface area contributed by atoms with Crippen LogP contribution in [0.25, 0.3) is 0 Å². The lowest BCUT2D eigenvalue weighted by atomic mass is 10.1. The highest BCUT2D eigenvalue weighted by atomic mass is 32.2. The summed E-state index contributed by atoms with van der Waals surface area (Å²) in [6.45, 7) is 0. The molecule has 1 aromatic carbocycles. The van der Waals surface area contributed by atoms with E-state index in [1.807, 2.05) is 0 Å². The number of nitrogens with two attached hydrogens (primary N) is 1. The molecule has 5 nitrogen and oxygen atoms in total. The van der Waals surface area contributed by atoms with E-state index < -0.39 is 14.9 Å². The van der Waals surface area contributed by atoms with Crippen molar-refractivity contribution < 1.29 is 8.42 Å². The zero-order valence-electron chi connectivity index (χ0n) is 6.93. The second-order valence-corrected chi connectivity index (χ2v) is 3.95. The van der Waals surface area contributed by atoms with Crippen LogP contribution in [0.1, 0.15) is 11.1 Å². The molecule has 0 fully saturated rings. The zero-order valence-corrected chi connectivity index (χ0v) is 7.75. The molecule has 0 amide bonds. The SMILES string of the molecule is N#Cc1cccc(C#N)c1S(N)(=O)=O. The summed E-state index contributed by atoms with van der Waals surface area (Å²) in [5.74, 6) is 0. The number of hydrogen-bond donors (Lipinski definition) is 1. The van der Waals surface area contributed by atoms with Crippen LogP contribution in [0.2, 0.25) is 0 Å². The largest absolute Gasteiger partial charge is 0.240 e. The van der Waals surface area contributed by atoms with Crippen LogP contribution in [-0.4, -0.2) is 8.42 Å². The van der Waals surface area contributed by atoms with E-state index in [0.717, 1.165) is 0 Å². The third-order valence-corrected chi connectivity index (χ3v) is 2.55. The van der Waals surface area contributed by atoms with Crippen molar-refractivity contribution in [3.63, 3.8) is 0 Å². The molecule has 0 bridgehead atoms. The Balaban J connectivity index is 3.72. The molecule has 0 aliphatic carbocycles. The van der Waals surface area contributed by atoms with Crippen molar-refractivity contribution in [2.45, 2.75) is 4.90 Å². The zero-order chi connectivity index (χ0) is 10.8. The summed E-state index contributed by atoms with van der Waals surface area (Å²) in [7, 11) is -4.03. The van der Waals surface area contributed by atoms with Crippen molar-refractivity contribution >= 4 is 10.0 Å². The standard InChI is InChI=1S/C8H5N3O2S/c9-4-6-2-1-3-7(5-10)8(6)14(11,12)13/h1-3H,(H2,11,12,13). The van der Waals surface area contributed by atoms with Crippen LogP contribution < -0.4 is 5.14 Å². The molecule has 0 spiro atoms. The number of benzene rings is 1. The topological polar surface area (TPSA) is 108 Å². The van der Waals surface area contributed by atoms with Crippen molar-refractivity contribution in [3.05, 3.63) is 29.3 Å². The molecule has 0 unspecified atom stereocenters. The Bertz CT molecular complexity index is 517. The van der Waals surface area contributed by atoms with E-state index in [0.29, 0.717) is 0 Å². The van der Waals surface area contributed by atoms with Gasteiger partial charge in [-0.3, -0.25) is 0 Å². The highest BCUT2D eigenvalue weighted by Gasteiger charge is 2.18. The minimum Gasteiger partial charge on any atom is -0.225 e. The van der Waals surface area contributed by atoms with Gasteiger partial charge in [0, 0.05) is 0 Å². The van der Waals surface area contributed by atoms with Crippen molar-refractivity contribution in [1.29, 1.82) is 10.5 Å². The van der Waals surface area contributed by atoms with Crippen LogP contribution in [0, 0.1) is 22.7 Å². The third kappa shape index (κ3) is 1.72. The molecule has 2 N–H and O–H groups in total. The Morgan fingerprint density at radius 2 is 1.57 bits per heavy atom. The highest BCUT2D eigenvalue weighted by molar-refractivity contribution is 7.89. The monoisotopic (exact) mass is 207 g/mol. The predicted octanol–water partition coefficient (Wildman–Crippen LogP) is 0.0774. The quantitative estimate of drug-likeness (QED) is 0.703. The molecule has 14 heavy (non-hydrogen) atoms. The number of rotatable bonds is 1. The van der Waals surface area contributed by atoms with E-state index >= 15 is 0 Å². The molecule has 0 aliphatic rings. The van der Waals surface area contributed by atoms with Crippen molar-refractivity contribution in [2.75, 3.05) is 0 Å². The molecule has 0 saturated carbocycles. The minimum absolute atomic E-state index is 0.119. The molecule has 0 radical (unpaired) electrons. The van der Waals surface area contributed by atoms with Crippen LogP contribution in [0.15, 0.2) is 23.1 Å².